The van der Waals surface area contributed by atoms with Crippen LogP contribution in [0, 0.1) is 17.6 Å². The van der Waals surface area contributed by atoms with Gasteiger partial charge >= 0.3 is 0 Å². The Labute approximate surface area is 135 Å². The molecule has 0 spiro atoms. The summed E-state index contributed by atoms with van der Waals surface area (Å²) in [6, 6.07) is 2.45. The number of aromatic nitrogens is 2. The van der Waals surface area contributed by atoms with E-state index in [0.717, 1.165) is 24.6 Å². The highest BCUT2D eigenvalue weighted by Crippen LogP contribution is 2.29. The highest BCUT2D eigenvalue weighted by atomic mass is 19.2. The number of halogens is 2. The van der Waals surface area contributed by atoms with Crippen molar-refractivity contribution in [2.75, 3.05) is 6.54 Å². The SMILES string of the molecule is CC(CN)n1c(CCC2CCCCC2)nc2cc(F)c(F)cc21. The van der Waals surface area contributed by atoms with Gasteiger partial charge in [-0.1, -0.05) is 32.1 Å². The molecule has 0 saturated heterocycles. The molecule has 1 aromatic carbocycles. The van der Waals surface area contributed by atoms with E-state index in [1.165, 1.54) is 44.2 Å². The van der Waals surface area contributed by atoms with Gasteiger partial charge < -0.3 is 10.3 Å². The smallest absolute Gasteiger partial charge is 0.161 e. The van der Waals surface area contributed by atoms with Crippen molar-refractivity contribution in [2.24, 2.45) is 11.7 Å². The Kier molecular flexibility index (Phi) is 4.95. The number of imidazole rings is 1. The summed E-state index contributed by atoms with van der Waals surface area (Å²) in [6.07, 6.45) is 8.48. The van der Waals surface area contributed by atoms with Crippen LogP contribution in [0.25, 0.3) is 11.0 Å². The summed E-state index contributed by atoms with van der Waals surface area (Å²) in [5.41, 5.74) is 6.97. The molecular weight excluding hydrogens is 296 g/mol. The maximum absolute atomic E-state index is 13.6. The second kappa shape index (κ2) is 6.95. The molecule has 3 nitrogen and oxygen atoms in total. The average Bonchev–Trinajstić information content (AvgIpc) is 2.91. The van der Waals surface area contributed by atoms with Crippen molar-refractivity contribution in [3.05, 3.63) is 29.6 Å². The van der Waals surface area contributed by atoms with Crippen LogP contribution in [0.15, 0.2) is 12.1 Å². The molecule has 1 saturated carbocycles. The Balaban J connectivity index is 1.91. The van der Waals surface area contributed by atoms with Gasteiger partial charge in [-0.05, 0) is 19.3 Å². The van der Waals surface area contributed by atoms with Gasteiger partial charge in [-0.3, -0.25) is 0 Å². The summed E-state index contributed by atoms with van der Waals surface area (Å²) in [5, 5.41) is 0. The molecule has 1 aromatic heterocycles. The normalized spacial score (nSPS) is 17.7. The highest BCUT2D eigenvalue weighted by molar-refractivity contribution is 5.76. The zero-order valence-corrected chi connectivity index (χ0v) is 13.7. The molecule has 1 aliphatic rings. The molecule has 0 amide bonds. The second-order valence-corrected chi connectivity index (χ2v) is 6.78. The van der Waals surface area contributed by atoms with Crippen LogP contribution >= 0.6 is 0 Å². The number of benzene rings is 1. The first-order valence-electron chi connectivity index (χ1n) is 8.66. The van der Waals surface area contributed by atoms with Crippen LogP contribution in [-0.2, 0) is 6.42 Å². The Morgan fingerprint density at radius 2 is 1.91 bits per heavy atom. The van der Waals surface area contributed by atoms with Crippen LogP contribution in [0.1, 0.15) is 57.3 Å². The van der Waals surface area contributed by atoms with Crippen molar-refractivity contribution in [2.45, 2.75) is 57.9 Å². The monoisotopic (exact) mass is 321 g/mol. The van der Waals surface area contributed by atoms with Crippen LogP contribution in [0.4, 0.5) is 8.78 Å². The predicted molar refractivity (Wildman–Crippen MR) is 88.3 cm³/mol. The molecule has 0 radical (unpaired) electrons. The Morgan fingerprint density at radius 3 is 2.61 bits per heavy atom. The van der Waals surface area contributed by atoms with Crippen molar-refractivity contribution in [3.8, 4) is 0 Å². The van der Waals surface area contributed by atoms with E-state index >= 15 is 0 Å². The van der Waals surface area contributed by atoms with Gasteiger partial charge in [0.15, 0.2) is 11.6 Å². The number of rotatable bonds is 5. The summed E-state index contributed by atoms with van der Waals surface area (Å²) in [4.78, 5) is 4.57. The van der Waals surface area contributed by atoms with Crippen molar-refractivity contribution >= 4 is 11.0 Å². The van der Waals surface area contributed by atoms with Gasteiger partial charge in [0.2, 0.25) is 0 Å². The van der Waals surface area contributed by atoms with E-state index in [1.807, 2.05) is 11.5 Å². The molecule has 5 heteroatoms. The minimum absolute atomic E-state index is 0.0196. The first kappa shape index (κ1) is 16.4. The first-order chi connectivity index (χ1) is 11.1. The minimum atomic E-state index is -0.846. The summed E-state index contributed by atoms with van der Waals surface area (Å²) in [5.74, 6) is -0.0322. The lowest BCUT2D eigenvalue weighted by Crippen LogP contribution is -2.19. The molecule has 3 rings (SSSR count). The van der Waals surface area contributed by atoms with Gasteiger partial charge in [-0.2, -0.15) is 0 Å². The molecule has 1 unspecified atom stereocenters. The maximum Gasteiger partial charge on any atom is 0.161 e. The first-order valence-corrected chi connectivity index (χ1v) is 8.66. The Bertz CT molecular complexity index is 674. The third-order valence-corrected chi connectivity index (χ3v) is 5.09. The zero-order chi connectivity index (χ0) is 16.4. The molecule has 1 fully saturated rings. The van der Waals surface area contributed by atoms with E-state index in [-0.39, 0.29) is 6.04 Å². The molecule has 2 N–H and O–H groups in total. The molecule has 2 aromatic rings. The minimum Gasteiger partial charge on any atom is -0.328 e. The topological polar surface area (TPSA) is 43.8 Å². The van der Waals surface area contributed by atoms with Crippen molar-refractivity contribution in [1.29, 1.82) is 0 Å². The number of hydrogen-bond donors (Lipinski definition) is 1. The molecule has 1 aliphatic carbocycles. The Morgan fingerprint density at radius 1 is 1.22 bits per heavy atom. The van der Waals surface area contributed by atoms with Crippen LogP contribution in [0.3, 0.4) is 0 Å². The van der Waals surface area contributed by atoms with Gasteiger partial charge in [0.25, 0.3) is 0 Å². The largest absolute Gasteiger partial charge is 0.328 e. The molecule has 23 heavy (non-hydrogen) atoms. The lowest BCUT2D eigenvalue weighted by atomic mass is 9.86. The van der Waals surface area contributed by atoms with Crippen molar-refractivity contribution in [3.63, 3.8) is 0 Å². The second-order valence-electron chi connectivity index (χ2n) is 6.78. The summed E-state index contributed by atoms with van der Waals surface area (Å²) < 4.78 is 29.1. The number of aryl methyl sites for hydroxylation is 1. The van der Waals surface area contributed by atoms with E-state index in [2.05, 4.69) is 4.98 Å². The van der Waals surface area contributed by atoms with E-state index in [4.69, 9.17) is 5.73 Å². The number of fused-ring (bicyclic) bond motifs is 1. The standard InChI is InChI=1S/C18H25F2N3/c1-12(11-21)23-17-10-15(20)14(19)9-16(17)22-18(23)8-7-13-5-3-2-4-6-13/h9-10,12-13H,2-8,11,21H2,1H3. The third-order valence-electron chi connectivity index (χ3n) is 5.09. The fraction of sp³-hybridized carbons (Fsp3) is 0.611. The van der Waals surface area contributed by atoms with E-state index in [0.29, 0.717) is 17.6 Å². The van der Waals surface area contributed by atoms with Gasteiger partial charge in [0.1, 0.15) is 5.82 Å². The van der Waals surface area contributed by atoms with E-state index < -0.39 is 11.6 Å². The molecular formula is C18H25F2N3. The summed E-state index contributed by atoms with van der Waals surface area (Å²) in [6.45, 7) is 2.44. The quantitative estimate of drug-likeness (QED) is 0.890. The van der Waals surface area contributed by atoms with Crippen LogP contribution in [-0.4, -0.2) is 16.1 Å². The highest BCUT2D eigenvalue weighted by Gasteiger charge is 2.19. The summed E-state index contributed by atoms with van der Waals surface area (Å²) >= 11 is 0. The number of nitrogens with two attached hydrogens (primary N) is 1. The van der Waals surface area contributed by atoms with Crippen molar-refractivity contribution in [1.82, 2.24) is 9.55 Å². The Hall–Kier alpha value is -1.49. The van der Waals surface area contributed by atoms with Crippen molar-refractivity contribution < 1.29 is 8.78 Å². The van der Waals surface area contributed by atoms with Gasteiger partial charge in [-0.15, -0.1) is 0 Å². The maximum atomic E-state index is 13.6. The molecule has 0 bridgehead atoms. The van der Waals surface area contributed by atoms with E-state index in [1.54, 1.807) is 0 Å². The van der Waals surface area contributed by atoms with Gasteiger partial charge in [0.05, 0.1) is 11.0 Å². The zero-order valence-electron chi connectivity index (χ0n) is 13.7. The number of nitrogens with zero attached hydrogens (tertiary/aromatic N) is 2. The van der Waals surface area contributed by atoms with Crippen LogP contribution in [0.2, 0.25) is 0 Å². The summed E-state index contributed by atoms with van der Waals surface area (Å²) in [7, 11) is 0. The van der Waals surface area contributed by atoms with Gasteiger partial charge in [-0.25, -0.2) is 13.8 Å². The fourth-order valence-corrected chi connectivity index (χ4v) is 3.72. The molecule has 0 aliphatic heterocycles. The van der Waals surface area contributed by atoms with Crippen LogP contribution < -0.4 is 5.73 Å². The lowest BCUT2D eigenvalue weighted by Gasteiger charge is -2.22. The van der Waals surface area contributed by atoms with Crippen LogP contribution in [0.5, 0.6) is 0 Å². The molecule has 126 valence electrons. The van der Waals surface area contributed by atoms with E-state index in [9.17, 15) is 8.78 Å². The molecule has 1 atom stereocenters. The third kappa shape index (κ3) is 3.39. The molecule has 1 heterocycles. The fourth-order valence-electron chi connectivity index (χ4n) is 3.72. The van der Waals surface area contributed by atoms with Gasteiger partial charge in [0, 0.05) is 31.1 Å². The number of hydrogen-bond acceptors (Lipinski definition) is 2. The lowest BCUT2D eigenvalue weighted by molar-refractivity contribution is 0.335. The predicted octanol–water partition coefficient (Wildman–Crippen LogP) is 4.35. The average molecular weight is 321 g/mol.